The Morgan fingerprint density at radius 3 is 2.27 bits per heavy atom. The van der Waals surface area contributed by atoms with Crippen LogP contribution in [0.5, 0.6) is 0 Å². The molecule has 3 heterocycles. The number of fused-ring (bicyclic) bond motifs is 3. The second-order valence-electron chi connectivity index (χ2n) is 13.0. The number of hydrogen-bond acceptors (Lipinski definition) is 4. The van der Waals surface area contributed by atoms with Crippen LogP contribution in [0.4, 0.5) is 4.79 Å². The minimum Gasteiger partial charge on any atom is -0.444 e. The molecule has 1 aromatic carbocycles. The number of carbonyl (C=O) groups is 1. The van der Waals surface area contributed by atoms with Crippen LogP contribution in [0.15, 0.2) is 36.7 Å². The van der Waals surface area contributed by atoms with Crippen LogP contribution in [0, 0.1) is 5.92 Å². The Labute approximate surface area is 241 Å². The molecule has 0 spiro atoms. The largest absolute Gasteiger partial charge is 0.444 e. The first-order chi connectivity index (χ1) is 19.1. The van der Waals surface area contributed by atoms with Gasteiger partial charge in [-0.15, -0.1) is 0 Å². The van der Waals surface area contributed by atoms with Gasteiger partial charge in [0.05, 0.1) is 17.7 Å². The molecule has 6 heteroatoms. The zero-order chi connectivity index (χ0) is 28.9. The van der Waals surface area contributed by atoms with Crippen LogP contribution in [-0.4, -0.2) is 51.4 Å². The summed E-state index contributed by atoms with van der Waals surface area (Å²) >= 11 is 0. The van der Waals surface area contributed by atoms with Gasteiger partial charge in [-0.3, -0.25) is 4.98 Å². The summed E-state index contributed by atoms with van der Waals surface area (Å²) in [7, 11) is 2.16. The van der Waals surface area contributed by atoms with E-state index in [0.29, 0.717) is 18.1 Å². The molecule has 0 atom stereocenters. The number of pyridine rings is 1. The molecule has 220 valence electrons. The third-order valence-corrected chi connectivity index (χ3v) is 8.39. The van der Waals surface area contributed by atoms with Gasteiger partial charge in [0.1, 0.15) is 5.60 Å². The Morgan fingerprint density at radius 1 is 1.00 bits per heavy atom. The molecule has 1 saturated carbocycles. The van der Waals surface area contributed by atoms with Crippen LogP contribution in [0.25, 0.3) is 21.8 Å². The van der Waals surface area contributed by atoms with Gasteiger partial charge in [-0.25, -0.2) is 4.79 Å². The number of nitrogens with zero attached hydrogens (tertiary/aromatic N) is 3. The molecular formula is C34H51N3O3. The Kier molecular flexibility index (Phi) is 10.2. The van der Waals surface area contributed by atoms with E-state index >= 15 is 0 Å². The van der Waals surface area contributed by atoms with Crippen molar-refractivity contribution in [3.63, 3.8) is 0 Å². The molecule has 5 rings (SSSR count). The number of aromatic nitrogens is 2. The van der Waals surface area contributed by atoms with Crippen LogP contribution in [0.1, 0.15) is 104 Å². The Hall–Kier alpha value is -2.60. The smallest absolute Gasteiger partial charge is 0.410 e. The summed E-state index contributed by atoms with van der Waals surface area (Å²) in [4.78, 5) is 18.0. The molecule has 1 aliphatic carbocycles. The monoisotopic (exact) mass is 549 g/mol. The minimum atomic E-state index is -0.410. The topological polar surface area (TPSA) is 56.6 Å². The summed E-state index contributed by atoms with van der Waals surface area (Å²) in [6, 6.07) is 9.10. The predicted octanol–water partition coefficient (Wildman–Crippen LogP) is 8.61. The standard InChI is InChI=1S/C19H24N2.C15H27NO3/c1-4-6-14(7-5-2)15-8-9-16-17-13-20-11-10-18(17)21(3)19(16)12-15;1-11-9-13(10-11)18-12-5-7-16(8-6-12)14(17)19-15(2,3)4/h8-14H,4-7H2,1-3H3;11-13H,5-10H2,1-4H3. The number of carbonyl (C=O) groups excluding carboxylic acids is 1. The molecule has 1 saturated heterocycles. The highest BCUT2D eigenvalue weighted by atomic mass is 16.6. The maximum absolute atomic E-state index is 11.9. The minimum absolute atomic E-state index is 0.191. The molecule has 1 amide bonds. The van der Waals surface area contributed by atoms with E-state index in [4.69, 9.17) is 9.47 Å². The van der Waals surface area contributed by atoms with Gasteiger partial charge in [-0.1, -0.05) is 45.7 Å². The van der Waals surface area contributed by atoms with Crippen molar-refractivity contribution >= 4 is 27.9 Å². The quantitative estimate of drug-likeness (QED) is 0.296. The molecule has 0 N–H and O–H groups in total. The summed E-state index contributed by atoms with van der Waals surface area (Å²) in [5.41, 5.74) is 3.67. The van der Waals surface area contributed by atoms with Crippen molar-refractivity contribution in [2.24, 2.45) is 13.0 Å². The number of benzene rings is 1. The second-order valence-corrected chi connectivity index (χ2v) is 13.0. The average Bonchev–Trinajstić information content (AvgIpc) is 3.19. The van der Waals surface area contributed by atoms with Gasteiger partial charge < -0.3 is 18.9 Å². The summed E-state index contributed by atoms with van der Waals surface area (Å²) in [5, 5.41) is 2.57. The van der Waals surface area contributed by atoms with E-state index in [1.165, 1.54) is 65.9 Å². The summed E-state index contributed by atoms with van der Waals surface area (Å²) in [5.74, 6) is 1.52. The summed E-state index contributed by atoms with van der Waals surface area (Å²) in [6.07, 6.45) is 13.8. The van der Waals surface area contributed by atoms with E-state index in [9.17, 15) is 4.79 Å². The molecule has 0 bridgehead atoms. The van der Waals surface area contributed by atoms with Crippen LogP contribution in [0.2, 0.25) is 0 Å². The van der Waals surface area contributed by atoms with E-state index in [-0.39, 0.29) is 6.09 Å². The normalized spacial score (nSPS) is 19.9. The first kappa shape index (κ1) is 30.4. The zero-order valence-corrected chi connectivity index (χ0v) is 25.9. The van der Waals surface area contributed by atoms with Gasteiger partial charge in [0.2, 0.25) is 0 Å². The molecule has 0 radical (unpaired) electrons. The number of amides is 1. The fourth-order valence-corrected chi connectivity index (χ4v) is 6.21. The highest BCUT2D eigenvalue weighted by molar-refractivity contribution is 6.07. The molecule has 0 unspecified atom stereocenters. The molecule has 2 aromatic heterocycles. The Balaban J connectivity index is 0.000000186. The van der Waals surface area contributed by atoms with Crippen LogP contribution in [0.3, 0.4) is 0 Å². The summed E-state index contributed by atoms with van der Waals surface area (Å²) < 4.78 is 13.7. The SMILES string of the molecule is CC1CC(OC2CCN(C(=O)OC(C)(C)C)CC2)C1.CCCC(CCC)c1ccc2c3cnccc3n(C)c2c1. The van der Waals surface area contributed by atoms with Gasteiger partial charge >= 0.3 is 6.09 Å². The average molecular weight is 550 g/mol. The van der Waals surface area contributed by atoms with Gasteiger partial charge in [-0.05, 0) is 88.8 Å². The first-order valence-electron chi connectivity index (χ1n) is 15.5. The van der Waals surface area contributed by atoms with Crippen molar-refractivity contribution in [3.05, 3.63) is 42.2 Å². The third-order valence-electron chi connectivity index (χ3n) is 8.39. The highest BCUT2D eigenvalue weighted by Crippen LogP contribution is 2.33. The third kappa shape index (κ3) is 7.57. The lowest BCUT2D eigenvalue weighted by Crippen LogP contribution is -2.45. The first-order valence-corrected chi connectivity index (χ1v) is 15.5. The molecule has 1 aliphatic heterocycles. The van der Waals surface area contributed by atoms with Gasteiger partial charge in [-0.2, -0.15) is 0 Å². The molecule has 2 aliphatic rings. The molecule has 3 aromatic rings. The van der Waals surface area contributed by atoms with Crippen molar-refractivity contribution in [1.29, 1.82) is 0 Å². The Morgan fingerprint density at radius 2 is 1.68 bits per heavy atom. The molecule has 6 nitrogen and oxygen atoms in total. The number of likely N-dealkylation sites (tertiary alicyclic amines) is 1. The van der Waals surface area contributed by atoms with Crippen LogP contribution < -0.4 is 0 Å². The van der Waals surface area contributed by atoms with Crippen molar-refractivity contribution in [3.8, 4) is 0 Å². The highest BCUT2D eigenvalue weighted by Gasteiger charge is 2.32. The van der Waals surface area contributed by atoms with E-state index in [1.54, 1.807) is 4.90 Å². The lowest BCUT2D eigenvalue weighted by Gasteiger charge is -2.39. The number of rotatable bonds is 7. The van der Waals surface area contributed by atoms with Gasteiger partial charge in [0.15, 0.2) is 0 Å². The summed E-state index contributed by atoms with van der Waals surface area (Å²) in [6.45, 7) is 14.0. The van der Waals surface area contributed by atoms with Crippen molar-refractivity contribution in [1.82, 2.24) is 14.5 Å². The maximum Gasteiger partial charge on any atom is 0.410 e. The van der Waals surface area contributed by atoms with E-state index in [0.717, 1.165) is 31.8 Å². The van der Waals surface area contributed by atoms with Gasteiger partial charge in [0.25, 0.3) is 0 Å². The number of aryl methyl sites for hydroxylation is 1. The maximum atomic E-state index is 11.9. The molecule has 2 fully saturated rings. The fourth-order valence-electron chi connectivity index (χ4n) is 6.21. The van der Waals surface area contributed by atoms with Crippen molar-refractivity contribution in [2.75, 3.05) is 13.1 Å². The van der Waals surface area contributed by atoms with Gasteiger partial charge in [0, 0.05) is 48.8 Å². The van der Waals surface area contributed by atoms with Crippen LogP contribution in [-0.2, 0) is 16.5 Å². The molecule has 40 heavy (non-hydrogen) atoms. The zero-order valence-electron chi connectivity index (χ0n) is 25.9. The van der Waals surface area contributed by atoms with Crippen LogP contribution >= 0.6 is 0 Å². The Bertz CT molecular complexity index is 1240. The van der Waals surface area contributed by atoms with E-state index < -0.39 is 5.60 Å². The number of hydrogen-bond donors (Lipinski definition) is 0. The van der Waals surface area contributed by atoms with E-state index in [1.807, 2.05) is 33.2 Å². The predicted molar refractivity (Wildman–Crippen MR) is 165 cm³/mol. The molecular weight excluding hydrogens is 498 g/mol. The number of ether oxygens (including phenoxy) is 2. The lowest BCUT2D eigenvalue weighted by molar-refractivity contribution is -0.0905. The lowest BCUT2D eigenvalue weighted by atomic mass is 9.84. The fraction of sp³-hybridized carbons (Fsp3) is 0.647. The van der Waals surface area contributed by atoms with E-state index in [2.05, 4.69) is 61.6 Å². The number of piperidine rings is 1. The van der Waals surface area contributed by atoms with Crippen molar-refractivity contribution < 1.29 is 14.3 Å². The second kappa shape index (κ2) is 13.4. The van der Waals surface area contributed by atoms with Crippen molar-refractivity contribution in [2.45, 2.75) is 117 Å².